The molecule has 0 saturated heterocycles. The maximum absolute atomic E-state index is 4.34. The summed E-state index contributed by atoms with van der Waals surface area (Å²) in [5.41, 5.74) is 2.38. The van der Waals surface area contributed by atoms with Crippen LogP contribution in [0.1, 0.15) is 18.4 Å². The van der Waals surface area contributed by atoms with Crippen LogP contribution in [0.5, 0.6) is 0 Å². The van der Waals surface area contributed by atoms with Gasteiger partial charge in [0.25, 0.3) is 0 Å². The molecule has 0 spiro atoms. The van der Waals surface area contributed by atoms with Crippen LogP contribution < -0.4 is 10.6 Å². The fourth-order valence-corrected chi connectivity index (χ4v) is 3.24. The summed E-state index contributed by atoms with van der Waals surface area (Å²) < 4.78 is 1.87. The van der Waals surface area contributed by atoms with Gasteiger partial charge in [0, 0.05) is 38.6 Å². The van der Waals surface area contributed by atoms with E-state index in [4.69, 9.17) is 0 Å². The van der Waals surface area contributed by atoms with Gasteiger partial charge in [0.15, 0.2) is 5.96 Å². The van der Waals surface area contributed by atoms with E-state index in [1.165, 1.54) is 18.4 Å². The number of nitrogens with one attached hydrogen (secondary N) is 2. The summed E-state index contributed by atoms with van der Waals surface area (Å²) in [6.07, 6.45) is 7.41. The Morgan fingerprint density at radius 1 is 1.26 bits per heavy atom. The minimum Gasteiger partial charge on any atom is -0.356 e. The Hall–Kier alpha value is -1.61. The number of hydrogen-bond acceptors (Lipinski definition) is 3. The van der Waals surface area contributed by atoms with E-state index in [-0.39, 0.29) is 24.0 Å². The normalized spacial score (nSPS) is 15.3. The van der Waals surface area contributed by atoms with Crippen molar-refractivity contribution in [1.29, 1.82) is 0 Å². The van der Waals surface area contributed by atoms with Gasteiger partial charge in [-0.15, -0.1) is 24.0 Å². The number of aromatic nitrogens is 2. The monoisotopic (exact) mass is 482 g/mol. The Balaban J connectivity index is 0.00000261. The van der Waals surface area contributed by atoms with Crippen LogP contribution in [0.2, 0.25) is 0 Å². The Bertz CT molecular complexity index is 690. The number of nitrogens with zero attached hydrogens (tertiary/aromatic N) is 4. The number of benzene rings is 1. The van der Waals surface area contributed by atoms with Crippen molar-refractivity contribution in [2.75, 3.05) is 34.2 Å². The second-order valence-electron chi connectivity index (χ2n) is 7.12. The molecule has 6 nitrogen and oxygen atoms in total. The van der Waals surface area contributed by atoms with Crippen molar-refractivity contribution >= 4 is 29.9 Å². The molecule has 2 N–H and O–H groups in total. The molecule has 1 saturated carbocycles. The number of likely N-dealkylation sites (N-methyl/N-ethyl adjacent to an activating group) is 1. The van der Waals surface area contributed by atoms with E-state index in [2.05, 4.69) is 64.0 Å². The number of rotatable bonds is 8. The SMILES string of the molecule is CN=C(NCCc1ccc(-n2cccn2)cc1)NCC(C1CC1)N(C)C.I. The van der Waals surface area contributed by atoms with E-state index in [9.17, 15) is 0 Å². The summed E-state index contributed by atoms with van der Waals surface area (Å²) >= 11 is 0. The molecule has 0 aliphatic heterocycles. The van der Waals surface area contributed by atoms with Gasteiger partial charge in [-0.1, -0.05) is 12.1 Å². The Morgan fingerprint density at radius 2 is 2.00 bits per heavy atom. The van der Waals surface area contributed by atoms with Crippen molar-refractivity contribution in [3.8, 4) is 5.69 Å². The van der Waals surface area contributed by atoms with Crippen LogP contribution in [0, 0.1) is 5.92 Å². The van der Waals surface area contributed by atoms with Crippen LogP contribution in [0.25, 0.3) is 5.69 Å². The smallest absolute Gasteiger partial charge is 0.191 e. The minimum atomic E-state index is 0. The average molecular weight is 482 g/mol. The van der Waals surface area contributed by atoms with Gasteiger partial charge in [-0.3, -0.25) is 4.99 Å². The molecule has 2 aromatic rings. The summed E-state index contributed by atoms with van der Waals surface area (Å²) in [7, 11) is 6.15. The number of halogens is 1. The van der Waals surface area contributed by atoms with Crippen LogP contribution in [-0.2, 0) is 6.42 Å². The van der Waals surface area contributed by atoms with Crippen LogP contribution in [-0.4, -0.2) is 60.9 Å². The Labute approximate surface area is 179 Å². The molecule has 1 fully saturated rings. The van der Waals surface area contributed by atoms with E-state index < -0.39 is 0 Å². The molecule has 7 heteroatoms. The highest BCUT2D eigenvalue weighted by Gasteiger charge is 2.32. The number of hydrogen-bond donors (Lipinski definition) is 2. The van der Waals surface area contributed by atoms with Gasteiger partial charge in [-0.25, -0.2) is 4.68 Å². The second-order valence-corrected chi connectivity index (χ2v) is 7.12. The van der Waals surface area contributed by atoms with E-state index >= 15 is 0 Å². The van der Waals surface area contributed by atoms with E-state index in [0.29, 0.717) is 6.04 Å². The lowest BCUT2D eigenvalue weighted by atomic mass is 10.1. The van der Waals surface area contributed by atoms with Crippen molar-refractivity contribution in [2.45, 2.75) is 25.3 Å². The fraction of sp³-hybridized carbons (Fsp3) is 0.500. The van der Waals surface area contributed by atoms with Gasteiger partial charge in [-0.05, 0) is 63.0 Å². The van der Waals surface area contributed by atoms with Gasteiger partial charge < -0.3 is 15.5 Å². The highest BCUT2D eigenvalue weighted by atomic mass is 127. The highest BCUT2D eigenvalue weighted by Crippen LogP contribution is 2.34. The molecule has 1 aliphatic rings. The van der Waals surface area contributed by atoms with Gasteiger partial charge in [0.1, 0.15) is 0 Å². The van der Waals surface area contributed by atoms with Crippen LogP contribution in [0.15, 0.2) is 47.7 Å². The lowest BCUT2D eigenvalue weighted by Crippen LogP contribution is -2.46. The quantitative estimate of drug-likeness (QED) is 0.345. The van der Waals surface area contributed by atoms with Crippen molar-refractivity contribution < 1.29 is 0 Å². The van der Waals surface area contributed by atoms with E-state index in [1.807, 2.05) is 24.0 Å². The standard InChI is InChI=1S/C20H30N6.HI/c1-21-20(23-15-19(25(2)3)17-7-8-17)22-13-11-16-5-9-18(10-6-16)26-14-4-12-24-26;/h4-6,9-10,12,14,17,19H,7-8,11,13,15H2,1-3H3,(H2,21,22,23);1H. The van der Waals surface area contributed by atoms with Crippen LogP contribution >= 0.6 is 24.0 Å². The van der Waals surface area contributed by atoms with Crippen molar-refractivity contribution in [2.24, 2.45) is 10.9 Å². The molecule has 1 unspecified atom stereocenters. The number of guanidine groups is 1. The van der Waals surface area contributed by atoms with Crippen LogP contribution in [0.4, 0.5) is 0 Å². The molecule has 0 radical (unpaired) electrons. The molecule has 1 aromatic carbocycles. The zero-order valence-electron chi connectivity index (χ0n) is 16.4. The summed E-state index contributed by atoms with van der Waals surface area (Å²) in [4.78, 5) is 6.66. The zero-order chi connectivity index (χ0) is 18.4. The molecule has 0 bridgehead atoms. The van der Waals surface area contributed by atoms with Gasteiger partial charge in [-0.2, -0.15) is 5.10 Å². The largest absolute Gasteiger partial charge is 0.356 e. The minimum absolute atomic E-state index is 0. The Morgan fingerprint density at radius 3 is 2.56 bits per heavy atom. The maximum atomic E-state index is 4.34. The third-order valence-corrected chi connectivity index (χ3v) is 4.94. The zero-order valence-corrected chi connectivity index (χ0v) is 18.8. The summed E-state index contributed by atoms with van der Waals surface area (Å²) in [5, 5.41) is 11.1. The van der Waals surface area contributed by atoms with Crippen molar-refractivity contribution in [3.05, 3.63) is 48.3 Å². The molecule has 1 aromatic heterocycles. The van der Waals surface area contributed by atoms with Gasteiger partial charge >= 0.3 is 0 Å². The summed E-state index contributed by atoms with van der Waals surface area (Å²) in [6, 6.07) is 11.0. The molecule has 148 valence electrons. The first-order valence-electron chi connectivity index (χ1n) is 9.37. The van der Waals surface area contributed by atoms with Gasteiger partial charge in [0.2, 0.25) is 0 Å². The first kappa shape index (κ1) is 21.7. The second kappa shape index (κ2) is 10.7. The topological polar surface area (TPSA) is 57.5 Å². The van der Waals surface area contributed by atoms with Crippen molar-refractivity contribution in [1.82, 2.24) is 25.3 Å². The van der Waals surface area contributed by atoms with Crippen LogP contribution in [0.3, 0.4) is 0 Å². The fourth-order valence-electron chi connectivity index (χ4n) is 3.24. The van der Waals surface area contributed by atoms with Gasteiger partial charge in [0.05, 0.1) is 5.69 Å². The first-order valence-corrected chi connectivity index (χ1v) is 9.37. The molecule has 3 rings (SSSR count). The molecule has 1 atom stereocenters. The molecular weight excluding hydrogens is 451 g/mol. The third kappa shape index (κ3) is 6.49. The number of aliphatic imine (C=N–C) groups is 1. The lowest BCUT2D eigenvalue weighted by molar-refractivity contribution is 0.264. The van der Waals surface area contributed by atoms with E-state index in [1.54, 1.807) is 6.20 Å². The molecule has 0 amide bonds. The van der Waals surface area contributed by atoms with Crippen molar-refractivity contribution in [3.63, 3.8) is 0 Å². The van der Waals surface area contributed by atoms with E-state index in [0.717, 1.165) is 37.1 Å². The summed E-state index contributed by atoms with van der Waals surface area (Å²) in [6.45, 7) is 1.80. The Kier molecular flexibility index (Phi) is 8.56. The third-order valence-electron chi connectivity index (χ3n) is 4.94. The molecular formula is C20H31IN6. The molecule has 1 aliphatic carbocycles. The summed E-state index contributed by atoms with van der Waals surface area (Å²) in [5.74, 6) is 1.72. The maximum Gasteiger partial charge on any atom is 0.191 e. The molecule has 27 heavy (non-hydrogen) atoms. The predicted octanol–water partition coefficient (Wildman–Crippen LogP) is 2.54. The first-order chi connectivity index (χ1) is 12.7. The molecule has 1 heterocycles. The average Bonchev–Trinajstić information content (AvgIpc) is 3.33. The lowest BCUT2D eigenvalue weighted by Gasteiger charge is -2.25. The predicted molar refractivity (Wildman–Crippen MR) is 122 cm³/mol. The highest BCUT2D eigenvalue weighted by molar-refractivity contribution is 14.0.